The SMILES string of the molecule is COc1ccc2c(c1)CCC1NCCCC21. The lowest BCUT2D eigenvalue weighted by Gasteiger charge is -2.38. The summed E-state index contributed by atoms with van der Waals surface area (Å²) in [7, 11) is 1.75. The standard InChI is InChI=1S/C14H19NO/c1-16-11-5-6-12-10(9-11)4-7-14-13(12)3-2-8-15-14/h5-6,9,13-15H,2-4,7-8H2,1H3. The van der Waals surface area contributed by atoms with Crippen molar-refractivity contribution < 1.29 is 4.74 Å². The number of benzene rings is 1. The number of aryl methyl sites for hydroxylation is 1. The van der Waals surface area contributed by atoms with Crippen LogP contribution in [0, 0.1) is 0 Å². The molecule has 1 N–H and O–H groups in total. The van der Waals surface area contributed by atoms with Crippen molar-refractivity contribution in [1.82, 2.24) is 5.32 Å². The third kappa shape index (κ3) is 1.61. The summed E-state index contributed by atoms with van der Waals surface area (Å²) in [6, 6.07) is 7.32. The van der Waals surface area contributed by atoms with E-state index in [1.54, 1.807) is 12.7 Å². The van der Waals surface area contributed by atoms with Crippen LogP contribution >= 0.6 is 0 Å². The number of hydrogen-bond donors (Lipinski definition) is 1. The van der Waals surface area contributed by atoms with Gasteiger partial charge in [-0.2, -0.15) is 0 Å². The molecule has 0 radical (unpaired) electrons. The molecular weight excluding hydrogens is 198 g/mol. The number of piperidine rings is 1. The van der Waals surface area contributed by atoms with Gasteiger partial charge in [0.25, 0.3) is 0 Å². The van der Waals surface area contributed by atoms with Crippen molar-refractivity contribution in [3.8, 4) is 5.75 Å². The zero-order valence-electron chi connectivity index (χ0n) is 9.83. The molecule has 1 aromatic carbocycles. The Morgan fingerprint density at radius 2 is 2.25 bits per heavy atom. The van der Waals surface area contributed by atoms with Crippen molar-refractivity contribution in [2.24, 2.45) is 0 Å². The molecule has 2 unspecified atom stereocenters. The van der Waals surface area contributed by atoms with Crippen LogP contribution in [0.5, 0.6) is 5.75 Å². The lowest BCUT2D eigenvalue weighted by Crippen LogP contribution is -2.42. The second-order valence-corrected chi connectivity index (χ2v) is 4.91. The monoisotopic (exact) mass is 217 g/mol. The van der Waals surface area contributed by atoms with Crippen molar-refractivity contribution in [1.29, 1.82) is 0 Å². The molecule has 1 aliphatic heterocycles. The number of ether oxygens (including phenoxy) is 1. The number of hydrogen-bond acceptors (Lipinski definition) is 2. The van der Waals surface area contributed by atoms with E-state index < -0.39 is 0 Å². The smallest absolute Gasteiger partial charge is 0.119 e. The second-order valence-electron chi connectivity index (χ2n) is 4.91. The van der Waals surface area contributed by atoms with Crippen molar-refractivity contribution >= 4 is 0 Å². The maximum atomic E-state index is 5.30. The Kier molecular flexibility index (Phi) is 2.60. The van der Waals surface area contributed by atoms with Gasteiger partial charge in [-0.05, 0) is 61.4 Å². The van der Waals surface area contributed by atoms with Crippen LogP contribution in [0.1, 0.15) is 36.3 Å². The Hall–Kier alpha value is -1.02. The van der Waals surface area contributed by atoms with Crippen molar-refractivity contribution in [3.05, 3.63) is 29.3 Å². The molecule has 0 spiro atoms. The lowest BCUT2D eigenvalue weighted by atomic mass is 9.75. The van der Waals surface area contributed by atoms with E-state index in [1.165, 1.54) is 37.8 Å². The van der Waals surface area contributed by atoms with Crippen LogP contribution in [-0.4, -0.2) is 19.7 Å². The molecule has 1 fully saturated rings. The van der Waals surface area contributed by atoms with E-state index in [2.05, 4.69) is 23.5 Å². The zero-order valence-corrected chi connectivity index (χ0v) is 9.83. The molecule has 1 aliphatic carbocycles. The van der Waals surface area contributed by atoms with Crippen molar-refractivity contribution in [3.63, 3.8) is 0 Å². The minimum atomic E-state index is 0.717. The number of nitrogens with one attached hydrogen (secondary N) is 1. The molecule has 1 heterocycles. The fourth-order valence-corrected chi connectivity index (χ4v) is 3.23. The molecule has 0 bridgehead atoms. The van der Waals surface area contributed by atoms with Crippen LogP contribution in [0.4, 0.5) is 0 Å². The van der Waals surface area contributed by atoms with Crippen molar-refractivity contribution in [2.75, 3.05) is 13.7 Å². The predicted molar refractivity (Wildman–Crippen MR) is 65.1 cm³/mol. The highest BCUT2D eigenvalue weighted by atomic mass is 16.5. The molecule has 0 amide bonds. The van der Waals surface area contributed by atoms with E-state index in [9.17, 15) is 0 Å². The van der Waals surface area contributed by atoms with Gasteiger partial charge in [-0.3, -0.25) is 0 Å². The average molecular weight is 217 g/mol. The third-order valence-electron chi connectivity index (χ3n) is 4.06. The van der Waals surface area contributed by atoms with Crippen LogP contribution in [0.2, 0.25) is 0 Å². The van der Waals surface area contributed by atoms with Gasteiger partial charge in [0.15, 0.2) is 0 Å². The quantitative estimate of drug-likeness (QED) is 0.780. The molecule has 2 atom stereocenters. The van der Waals surface area contributed by atoms with E-state index in [1.807, 2.05) is 0 Å². The van der Waals surface area contributed by atoms with Gasteiger partial charge in [-0.1, -0.05) is 6.07 Å². The molecule has 3 rings (SSSR count). The highest BCUT2D eigenvalue weighted by Crippen LogP contribution is 2.38. The molecule has 2 nitrogen and oxygen atoms in total. The van der Waals surface area contributed by atoms with Crippen LogP contribution in [0.3, 0.4) is 0 Å². The summed E-state index contributed by atoms with van der Waals surface area (Å²) in [6.07, 6.45) is 5.13. The minimum Gasteiger partial charge on any atom is -0.497 e. The van der Waals surface area contributed by atoms with E-state index in [0.717, 1.165) is 17.7 Å². The molecule has 0 aromatic heterocycles. The Labute approximate surface area is 97.0 Å². The largest absolute Gasteiger partial charge is 0.497 e. The molecule has 1 saturated heterocycles. The first-order valence-corrected chi connectivity index (χ1v) is 6.28. The number of rotatable bonds is 1. The summed E-state index contributed by atoms with van der Waals surface area (Å²) in [6.45, 7) is 1.20. The number of methoxy groups -OCH3 is 1. The first-order chi connectivity index (χ1) is 7.88. The lowest BCUT2D eigenvalue weighted by molar-refractivity contribution is 0.318. The maximum Gasteiger partial charge on any atom is 0.119 e. The normalized spacial score (nSPS) is 28.1. The maximum absolute atomic E-state index is 5.30. The van der Waals surface area contributed by atoms with E-state index >= 15 is 0 Å². The Bertz CT molecular complexity index is 388. The highest BCUT2D eigenvalue weighted by Gasteiger charge is 2.31. The van der Waals surface area contributed by atoms with Gasteiger partial charge < -0.3 is 10.1 Å². The van der Waals surface area contributed by atoms with E-state index in [-0.39, 0.29) is 0 Å². The fraction of sp³-hybridized carbons (Fsp3) is 0.571. The summed E-state index contributed by atoms with van der Waals surface area (Å²) >= 11 is 0. The van der Waals surface area contributed by atoms with Gasteiger partial charge in [-0.15, -0.1) is 0 Å². The van der Waals surface area contributed by atoms with Gasteiger partial charge in [-0.25, -0.2) is 0 Å². The Balaban J connectivity index is 1.96. The summed E-state index contributed by atoms with van der Waals surface area (Å²) in [5.41, 5.74) is 3.06. The molecule has 2 heteroatoms. The average Bonchev–Trinajstić information content (AvgIpc) is 2.38. The van der Waals surface area contributed by atoms with Crippen LogP contribution in [-0.2, 0) is 6.42 Å². The topological polar surface area (TPSA) is 21.3 Å². The van der Waals surface area contributed by atoms with Gasteiger partial charge in [0.05, 0.1) is 7.11 Å². The molecule has 86 valence electrons. The molecule has 1 aromatic rings. The van der Waals surface area contributed by atoms with Crippen LogP contribution < -0.4 is 10.1 Å². The summed E-state index contributed by atoms with van der Waals surface area (Å²) in [5, 5.41) is 3.66. The van der Waals surface area contributed by atoms with Gasteiger partial charge in [0.2, 0.25) is 0 Å². The number of fused-ring (bicyclic) bond motifs is 3. The summed E-state index contributed by atoms with van der Waals surface area (Å²) < 4.78 is 5.30. The van der Waals surface area contributed by atoms with E-state index in [0.29, 0.717) is 0 Å². The summed E-state index contributed by atoms with van der Waals surface area (Å²) in [5.74, 6) is 1.74. The first-order valence-electron chi connectivity index (χ1n) is 6.28. The Morgan fingerprint density at radius 1 is 1.31 bits per heavy atom. The predicted octanol–water partition coefficient (Wildman–Crippen LogP) is 2.48. The van der Waals surface area contributed by atoms with Crippen LogP contribution in [0.15, 0.2) is 18.2 Å². The Morgan fingerprint density at radius 3 is 3.12 bits per heavy atom. The summed E-state index contributed by atoms with van der Waals surface area (Å²) in [4.78, 5) is 0. The van der Waals surface area contributed by atoms with Gasteiger partial charge in [0.1, 0.15) is 5.75 Å². The van der Waals surface area contributed by atoms with Gasteiger partial charge in [0, 0.05) is 6.04 Å². The molecule has 2 aliphatic rings. The van der Waals surface area contributed by atoms with E-state index in [4.69, 9.17) is 4.74 Å². The molecule has 0 saturated carbocycles. The van der Waals surface area contributed by atoms with Crippen molar-refractivity contribution in [2.45, 2.75) is 37.6 Å². The fourth-order valence-electron chi connectivity index (χ4n) is 3.23. The molecular formula is C14H19NO. The molecule has 16 heavy (non-hydrogen) atoms. The highest BCUT2D eigenvalue weighted by molar-refractivity contribution is 5.40. The third-order valence-corrected chi connectivity index (χ3v) is 4.06. The van der Waals surface area contributed by atoms with Crippen LogP contribution in [0.25, 0.3) is 0 Å². The second kappa shape index (κ2) is 4.10. The van der Waals surface area contributed by atoms with Gasteiger partial charge >= 0.3 is 0 Å². The zero-order chi connectivity index (χ0) is 11.0. The first kappa shape index (κ1) is 10.2. The minimum absolute atomic E-state index is 0.717.